The Morgan fingerprint density at radius 3 is 2.63 bits per heavy atom. The Bertz CT molecular complexity index is 1740. The van der Waals surface area contributed by atoms with Crippen molar-refractivity contribution in [3.63, 3.8) is 0 Å². The number of benzene rings is 2. The molecule has 4 aromatic rings. The molecular weight excluding hydrogens is 586 g/mol. The predicted octanol–water partition coefficient (Wildman–Crippen LogP) is 6.00. The molecule has 0 aliphatic carbocycles. The summed E-state index contributed by atoms with van der Waals surface area (Å²) in [5.41, 5.74) is 1.43. The molecule has 0 unspecified atom stereocenters. The Morgan fingerprint density at radius 1 is 1.07 bits per heavy atom. The van der Waals surface area contributed by atoms with E-state index in [0.717, 1.165) is 6.07 Å². The highest BCUT2D eigenvalue weighted by Gasteiger charge is 2.34. The van der Waals surface area contributed by atoms with Gasteiger partial charge < -0.3 is 15.4 Å². The molecule has 0 saturated carbocycles. The molecule has 1 aliphatic rings. The summed E-state index contributed by atoms with van der Waals surface area (Å²) in [5.74, 6) is -5.72. The Balaban J connectivity index is 1.48. The number of anilines is 1. The first-order valence-corrected chi connectivity index (χ1v) is 15.6. The van der Waals surface area contributed by atoms with Gasteiger partial charge in [0.2, 0.25) is 11.8 Å². The van der Waals surface area contributed by atoms with Gasteiger partial charge in [0, 0.05) is 55.3 Å². The van der Waals surface area contributed by atoms with Crippen LogP contribution < -0.4 is 15.4 Å². The van der Waals surface area contributed by atoms with Crippen molar-refractivity contribution in [1.29, 1.82) is 0 Å². The molecule has 13 heteroatoms. The fourth-order valence-electron chi connectivity index (χ4n) is 5.02. The van der Waals surface area contributed by atoms with Crippen molar-refractivity contribution >= 4 is 26.6 Å². The SMILES string of the molecule is CCC(F)(F)CS(=O)(=O)Cc1c(F)ccc2c(Oc3ncccc3-c3ccnc(N[C@H]4CNC[C@H](F)C4)n3)c(C)ccc12. The first-order valence-electron chi connectivity index (χ1n) is 13.8. The van der Waals surface area contributed by atoms with Gasteiger partial charge in [-0.05, 0) is 48.2 Å². The molecule has 2 atom stereocenters. The molecule has 1 fully saturated rings. The number of hydrogen-bond donors (Lipinski definition) is 2. The zero-order chi connectivity index (χ0) is 30.8. The summed E-state index contributed by atoms with van der Waals surface area (Å²) >= 11 is 0. The molecule has 1 saturated heterocycles. The Morgan fingerprint density at radius 2 is 1.86 bits per heavy atom. The molecule has 0 amide bonds. The number of aryl methyl sites for hydroxylation is 1. The van der Waals surface area contributed by atoms with Gasteiger partial charge in [0.1, 0.15) is 23.5 Å². The monoisotopic (exact) mass is 617 g/mol. The van der Waals surface area contributed by atoms with Crippen LogP contribution in [0, 0.1) is 12.7 Å². The van der Waals surface area contributed by atoms with Gasteiger partial charge in [-0.25, -0.2) is 40.9 Å². The molecule has 2 aromatic carbocycles. The number of hydrogen-bond acceptors (Lipinski definition) is 8. The summed E-state index contributed by atoms with van der Waals surface area (Å²) < 4.78 is 88.3. The number of halogens is 4. The lowest BCUT2D eigenvalue weighted by molar-refractivity contribution is 0.0217. The first kappa shape index (κ1) is 30.6. The molecule has 228 valence electrons. The smallest absolute Gasteiger partial charge is 0.261 e. The third-order valence-corrected chi connectivity index (χ3v) is 8.84. The van der Waals surface area contributed by atoms with Gasteiger partial charge in [0.05, 0.1) is 17.0 Å². The minimum Gasteiger partial charge on any atom is -0.437 e. The molecular formula is C30H31F4N5O3S. The van der Waals surface area contributed by atoms with Crippen LogP contribution in [0.1, 0.15) is 30.9 Å². The summed E-state index contributed by atoms with van der Waals surface area (Å²) in [6.45, 7) is 3.84. The van der Waals surface area contributed by atoms with Crippen molar-refractivity contribution < 1.29 is 30.7 Å². The maximum atomic E-state index is 15.0. The fraction of sp³-hybridized carbons (Fsp3) is 0.367. The number of sulfone groups is 1. The van der Waals surface area contributed by atoms with Gasteiger partial charge in [-0.2, -0.15) is 0 Å². The van der Waals surface area contributed by atoms with Crippen LogP contribution in [0.25, 0.3) is 22.0 Å². The molecule has 0 radical (unpaired) electrons. The third kappa shape index (κ3) is 7.21. The van der Waals surface area contributed by atoms with Crippen molar-refractivity contribution in [2.75, 3.05) is 24.2 Å². The number of alkyl halides is 3. The largest absolute Gasteiger partial charge is 0.437 e. The van der Waals surface area contributed by atoms with E-state index in [1.165, 1.54) is 19.2 Å². The van der Waals surface area contributed by atoms with E-state index in [9.17, 15) is 26.0 Å². The molecule has 5 rings (SSSR count). The van der Waals surface area contributed by atoms with Gasteiger partial charge in [-0.15, -0.1) is 0 Å². The lowest BCUT2D eigenvalue weighted by atomic mass is 10.0. The second-order valence-corrected chi connectivity index (χ2v) is 12.7. The minimum atomic E-state index is -4.35. The van der Waals surface area contributed by atoms with Crippen LogP contribution in [0.2, 0.25) is 0 Å². The van der Waals surface area contributed by atoms with Gasteiger partial charge in [0.15, 0.2) is 9.84 Å². The van der Waals surface area contributed by atoms with E-state index in [-0.39, 0.29) is 22.9 Å². The summed E-state index contributed by atoms with van der Waals surface area (Å²) in [5, 5.41) is 6.79. The summed E-state index contributed by atoms with van der Waals surface area (Å²) in [6, 6.07) is 10.7. The first-order chi connectivity index (χ1) is 20.4. The summed E-state index contributed by atoms with van der Waals surface area (Å²) in [7, 11) is -4.35. The Kier molecular flexibility index (Phi) is 8.84. The van der Waals surface area contributed by atoms with E-state index < -0.39 is 45.7 Å². The van der Waals surface area contributed by atoms with Gasteiger partial charge in [-0.1, -0.05) is 19.1 Å². The van der Waals surface area contributed by atoms with Crippen LogP contribution in [-0.2, 0) is 15.6 Å². The van der Waals surface area contributed by atoms with Crippen molar-refractivity contribution in [3.8, 4) is 22.9 Å². The Labute approximate surface area is 246 Å². The van der Waals surface area contributed by atoms with Crippen molar-refractivity contribution in [2.45, 2.75) is 50.6 Å². The fourth-order valence-corrected chi connectivity index (χ4v) is 6.71. The number of nitrogens with one attached hydrogen (secondary N) is 2. The molecule has 0 spiro atoms. The van der Waals surface area contributed by atoms with E-state index in [0.29, 0.717) is 53.4 Å². The van der Waals surface area contributed by atoms with Crippen LogP contribution in [0.5, 0.6) is 11.6 Å². The van der Waals surface area contributed by atoms with Gasteiger partial charge in [-0.3, -0.25) is 0 Å². The second-order valence-electron chi connectivity index (χ2n) is 10.6. The van der Waals surface area contributed by atoms with Crippen molar-refractivity contribution in [2.24, 2.45) is 0 Å². The van der Waals surface area contributed by atoms with Crippen molar-refractivity contribution in [3.05, 3.63) is 71.8 Å². The zero-order valence-corrected chi connectivity index (χ0v) is 24.4. The van der Waals surface area contributed by atoms with E-state index in [1.54, 1.807) is 43.5 Å². The standard InChI is InChI=1S/C30H31F4N5O3S/c1-3-30(33,34)17-43(40,41)16-24-21-7-6-18(2)27(22(21)8-9-25(24)32)42-28-23(5-4-11-36-28)26-10-12-37-29(39-26)38-20-13-19(31)14-35-15-20/h4-12,19-20,35H,3,13-17H2,1-2H3,(H,37,38,39)/t19-,20-/m1/s1. The average molecular weight is 618 g/mol. The number of piperidine rings is 1. The minimum absolute atomic E-state index is 0.173. The quantitative estimate of drug-likeness (QED) is 0.209. The number of nitrogens with zero attached hydrogens (tertiary/aromatic N) is 3. The molecule has 8 nitrogen and oxygen atoms in total. The number of aromatic nitrogens is 3. The molecule has 1 aliphatic heterocycles. The number of pyridine rings is 1. The van der Waals surface area contributed by atoms with Crippen LogP contribution in [0.15, 0.2) is 54.9 Å². The third-order valence-electron chi connectivity index (χ3n) is 7.25. The highest BCUT2D eigenvalue weighted by molar-refractivity contribution is 7.90. The number of rotatable bonds is 10. The lowest BCUT2D eigenvalue weighted by Crippen LogP contribution is -2.44. The van der Waals surface area contributed by atoms with Crippen LogP contribution in [-0.4, -0.2) is 60.3 Å². The van der Waals surface area contributed by atoms with Crippen LogP contribution >= 0.6 is 0 Å². The maximum absolute atomic E-state index is 15.0. The molecule has 2 N–H and O–H groups in total. The van der Waals surface area contributed by atoms with E-state index in [2.05, 4.69) is 25.6 Å². The maximum Gasteiger partial charge on any atom is 0.261 e. The van der Waals surface area contributed by atoms with Gasteiger partial charge in [0.25, 0.3) is 5.92 Å². The average Bonchev–Trinajstić information content (AvgIpc) is 2.96. The highest BCUT2D eigenvalue weighted by Crippen LogP contribution is 2.38. The molecule has 2 aromatic heterocycles. The van der Waals surface area contributed by atoms with E-state index in [1.807, 2.05) is 0 Å². The lowest BCUT2D eigenvalue weighted by Gasteiger charge is -2.26. The number of fused-ring (bicyclic) bond motifs is 1. The number of ether oxygens (including phenoxy) is 1. The predicted molar refractivity (Wildman–Crippen MR) is 157 cm³/mol. The molecule has 3 heterocycles. The normalized spacial score (nSPS) is 17.6. The highest BCUT2D eigenvalue weighted by atomic mass is 32.2. The Hall–Kier alpha value is -3.84. The van der Waals surface area contributed by atoms with Crippen LogP contribution in [0.4, 0.5) is 23.5 Å². The van der Waals surface area contributed by atoms with Gasteiger partial charge >= 0.3 is 0 Å². The van der Waals surface area contributed by atoms with E-state index in [4.69, 9.17) is 4.74 Å². The molecule has 43 heavy (non-hydrogen) atoms. The van der Waals surface area contributed by atoms with Crippen molar-refractivity contribution in [1.82, 2.24) is 20.3 Å². The van der Waals surface area contributed by atoms with Crippen LogP contribution in [0.3, 0.4) is 0 Å². The summed E-state index contributed by atoms with van der Waals surface area (Å²) in [4.78, 5) is 13.2. The zero-order valence-electron chi connectivity index (χ0n) is 23.6. The molecule has 0 bridgehead atoms. The summed E-state index contributed by atoms with van der Waals surface area (Å²) in [6.07, 6.45) is 1.80. The topological polar surface area (TPSA) is 106 Å². The second kappa shape index (κ2) is 12.4. The van der Waals surface area contributed by atoms with E-state index >= 15 is 0 Å².